The zero-order valence-electron chi connectivity index (χ0n) is 12.0. The maximum Gasteiger partial charge on any atom is 0.222 e. The van der Waals surface area contributed by atoms with Crippen molar-refractivity contribution in [2.24, 2.45) is 11.7 Å². The molecule has 1 aliphatic rings. The van der Waals surface area contributed by atoms with Crippen LogP contribution in [0.25, 0.3) is 0 Å². The molecule has 3 N–H and O–H groups in total. The van der Waals surface area contributed by atoms with E-state index in [-0.39, 0.29) is 17.9 Å². The number of rotatable bonds is 4. The first kappa shape index (κ1) is 15.1. The SMILES string of the molecule is CNC(C)c1ccc(N2CCCC(C(N)=O)C2)cc1Cl. The second-order valence-corrected chi connectivity index (χ2v) is 5.81. The molecule has 1 aromatic rings. The van der Waals surface area contributed by atoms with E-state index in [0.717, 1.165) is 35.7 Å². The first-order valence-corrected chi connectivity index (χ1v) is 7.41. The van der Waals surface area contributed by atoms with E-state index in [2.05, 4.69) is 23.2 Å². The molecule has 0 spiro atoms. The second kappa shape index (κ2) is 6.46. The van der Waals surface area contributed by atoms with Gasteiger partial charge in [-0.05, 0) is 44.5 Å². The Morgan fingerprint density at radius 3 is 2.90 bits per heavy atom. The lowest BCUT2D eigenvalue weighted by molar-refractivity contribution is -0.122. The number of primary amides is 1. The van der Waals surface area contributed by atoms with Crippen molar-refractivity contribution < 1.29 is 4.79 Å². The molecule has 1 amide bonds. The molecule has 1 heterocycles. The van der Waals surface area contributed by atoms with Gasteiger partial charge in [-0.25, -0.2) is 0 Å². The van der Waals surface area contributed by atoms with Gasteiger partial charge >= 0.3 is 0 Å². The Hall–Kier alpha value is -1.26. The van der Waals surface area contributed by atoms with E-state index in [9.17, 15) is 4.79 Å². The summed E-state index contributed by atoms with van der Waals surface area (Å²) in [7, 11) is 1.91. The van der Waals surface area contributed by atoms with Gasteiger partial charge < -0.3 is 16.0 Å². The van der Waals surface area contributed by atoms with Gasteiger partial charge in [-0.3, -0.25) is 4.79 Å². The standard InChI is InChI=1S/C15H22ClN3O/c1-10(18-2)13-6-5-12(8-14(13)16)19-7-3-4-11(9-19)15(17)20/h5-6,8,10-11,18H,3-4,7,9H2,1-2H3,(H2,17,20). The van der Waals surface area contributed by atoms with E-state index in [1.165, 1.54) is 0 Å². The number of amides is 1. The van der Waals surface area contributed by atoms with Gasteiger partial charge in [-0.15, -0.1) is 0 Å². The Morgan fingerprint density at radius 1 is 1.55 bits per heavy atom. The van der Waals surface area contributed by atoms with Crippen LogP contribution in [0.1, 0.15) is 31.4 Å². The quantitative estimate of drug-likeness (QED) is 0.896. The Kier molecular flexibility index (Phi) is 4.89. The smallest absolute Gasteiger partial charge is 0.222 e. The van der Waals surface area contributed by atoms with E-state index in [0.29, 0.717) is 6.54 Å². The van der Waals surface area contributed by atoms with Gasteiger partial charge in [0.15, 0.2) is 0 Å². The molecule has 0 aliphatic carbocycles. The van der Waals surface area contributed by atoms with Gasteiger partial charge in [0.05, 0.1) is 5.92 Å². The highest BCUT2D eigenvalue weighted by Gasteiger charge is 2.24. The molecule has 110 valence electrons. The van der Waals surface area contributed by atoms with Crippen LogP contribution in [-0.4, -0.2) is 26.0 Å². The number of nitrogens with one attached hydrogen (secondary N) is 1. The first-order chi connectivity index (χ1) is 9.52. The van der Waals surface area contributed by atoms with Gasteiger partial charge in [0.1, 0.15) is 0 Å². The molecule has 1 saturated heterocycles. The highest BCUT2D eigenvalue weighted by atomic mass is 35.5. The molecular weight excluding hydrogens is 274 g/mol. The predicted molar refractivity (Wildman–Crippen MR) is 83.1 cm³/mol. The molecule has 20 heavy (non-hydrogen) atoms. The van der Waals surface area contributed by atoms with Crippen molar-refractivity contribution in [3.63, 3.8) is 0 Å². The number of carbonyl (C=O) groups is 1. The average molecular weight is 296 g/mol. The van der Waals surface area contributed by atoms with Crippen LogP contribution in [0, 0.1) is 5.92 Å². The zero-order valence-corrected chi connectivity index (χ0v) is 12.8. The third kappa shape index (κ3) is 3.25. The molecule has 0 bridgehead atoms. The van der Waals surface area contributed by atoms with E-state index in [4.69, 9.17) is 17.3 Å². The molecule has 0 aromatic heterocycles. The van der Waals surface area contributed by atoms with Crippen molar-refractivity contribution >= 4 is 23.2 Å². The van der Waals surface area contributed by atoms with Crippen LogP contribution in [-0.2, 0) is 4.79 Å². The Bertz CT molecular complexity index is 492. The number of hydrogen-bond donors (Lipinski definition) is 2. The van der Waals surface area contributed by atoms with Crippen LogP contribution < -0.4 is 16.0 Å². The Balaban J connectivity index is 2.17. The predicted octanol–water partition coefficient (Wildman–Crippen LogP) is 2.32. The minimum absolute atomic E-state index is 0.0570. The number of nitrogens with zero attached hydrogens (tertiary/aromatic N) is 1. The second-order valence-electron chi connectivity index (χ2n) is 5.40. The summed E-state index contributed by atoms with van der Waals surface area (Å²) in [5.74, 6) is -0.264. The van der Waals surface area contributed by atoms with E-state index in [1.807, 2.05) is 19.2 Å². The maximum absolute atomic E-state index is 11.3. The fourth-order valence-corrected chi connectivity index (χ4v) is 3.00. The highest BCUT2D eigenvalue weighted by Crippen LogP contribution is 2.30. The lowest BCUT2D eigenvalue weighted by atomic mass is 9.96. The van der Waals surface area contributed by atoms with E-state index < -0.39 is 0 Å². The Labute approximate surface area is 125 Å². The van der Waals surface area contributed by atoms with Crippen molar-refractivity contribution in [2.45, 2.75) is 25.8 Å². The largest absolute Gasteiger partial charge is 0.371 e. The average Bonchev–Trinajstić information content (AvgIpc) is 2.46. The lowest BCUT2D eigenvalue weighted by Gasteiger charge is -2.33. The molecule has 0 saturated carbocycles. The third-order valence-electron chi connectivity index (χ3n) is 4.07. The molecular formula is C15H22ClN3O. The number of anilines is 1. The normalized spacial score (nSPS) is 20.8. The van der Waals surface area contributed by atoms with Crippen LogP contribution >= 0.6 is 11.6 Å². The van der Waals surface area contributed by atoms with Crippen molar-refractivity contribution in [3.05, 3.63) is 28.8 Å². The van der Waals surface area contributed by atoms with Crippen LogP contribution in [0.15, 0.2) is 18.2 Å². The number of benzene rings is 1. The number of carbonyl (C=O) groups excluding carboxylic acids is 1. The first-order valence-electron chi connectivity index (χ1n) is 7.04. The number of nitrogens with two attached hydrogens (primary N) is 1. The molecule has 5 heteroatoms. The van der Waals surface area contributed by atoms with Gasteiger partial charge in [-0.2, -0.15) is 0 Å². The minimum Gasteiger partial charge on any atom is -0.371 e. The van der Waals surface area contributed by atoms with Crippen molar-refractivity contribution in [3.8, 4) is 0 Å². The molecule has 0 radical (unpaired) electrons. The number of hydrogen-bond acceptors (Lipinski definition) is 3. The monoisotopic (exact) mass is 295 g/mol. The van der Waals surface area contributed by atoms with Crippen LogP contribution in [0.2, 0.25) is 5.02 Å². The fraction of sp³-hybridized carbons (Fsp3) is 0.533. The fourth-order valence-electron chi connectivity index (χ4n) is 2.66. The molecule has 4 nitrogen and oxygen atoms in total. The summed E-state index contributed by atoms with van der Waals surface area (Å²) in [5, 5.41) is 3.94. The van der Waals surface area contributed by atoms with Crippen molar-refractivity contribution in [1.82, 2.24) is 5.32 Å². The summed E-state index contributed by atoms with van der Waals surface area (Å²) in [6.07, 6.45) is 1.87. The maximum atomic E-state index is 11.3. The molecule has 1 fully saturated rings. The zero-order chi connectivity index (χ0) is 14.7. The summed E-state index contributed by atoms with van der Waals surface area (Å²) >= 11 is 6.36. The van der Waals surface area contributed by atoms with Crippen LogP contribution in [0.3, 0.4) is 0 Å². The summed E-state index contributed by atoms with van der Waals surface area (Å²) in [4.78, 5) is 13.5. The van der Waals surface area contributed by atoms with Gasteiger partial charge in [-0.1, -0.05) is 17.7 Å². The number of halogens is 1. The van der Waals surface area contributed by atoms with Gasteiger partial charge in [0, 0.05) is 29.8 Å². The Morgan fingerprint density at radius 2 is 2.30 bits per heavy atom. The molecule has 1 aromatic carbocycles. The van der Waals surface area contributed by atoms with E-state index >= 15 is 0 Å². The van der Waals surface area contributed by atoms with Gasteiger partial charge in [0.2, 0.25) is 5.91 Å². The summed E-state index contributed by atoms with van der Waals surface area (Å²) in [6.45, 7) is 3.71. The molecule has 2 atom stereocenters. The lowest BCUT2D eigenvalue weighted by Crippen LogP contribution is -2.41. The minimum atomic E-state index is -0.207. The summed E-state index contributed by atoms with van der Waals surface area (Å²) in [6, 6.07) is 6.32. The third-order valence-corrected chi connectivity index (χ3v) is 4.40. The van der Waals surface area contributed by atoms with Crippen LogP contribution in [0.5, 0.6) is 0 Å². The summed E-state index contributed by atoms with van der Waals surface area (Å²) < 4.78 is 0. The molecule has 2 rings (SSSR count). The topological polar surface area (TPSA) is 58.4 Å². The van der Waals surface area contributed by atoms with Crippen molar-refractivity contribution in [1.29, 1.82) is 0 Å². The van der Waals surface area contributed by atoms with Crippen LogP contribution in [0.4, 0.5) is 5.69 Å². The van der Waals surface area contributed by atoms with Gasteiger partial charge in [0.25, 0.3) is 0 Å². The van der Waals surface area contributed by atoms with Crippen molar-refractivity contribution in [2.75, 3.05) is 25.0 Å². The van der Waals surface area contributed by atoms with E-state index in [1.54, 1.807) is 0 Å². The summed E-state index contributed by atoms with van der Waals surface area (Å²) in [5.41, 5.74) is 7.57. The highest BCUT2D eigenvalue weighted by molar-refractivity contribution is 6.31. The molecule has 2 unspecified atom stereocenters. The number of piperidine rings is 1. The molecule has 1 aliphatic heterocycles.